The molecule has 4 nitrogen and oxygen atoms in total. The highest BCUT2D eigenvalue weighted by atomic mass is 19.3. The Morgan fingerprint density at radius 1 is 1.11 bits per heavy atom. The maximum atomic E-state index is 13.1. The summed E-state index contributed by atoms with van der Waals surface area (Å²) >= 11 is 0. The van der Waals surface area contributed by atoms with Crippen LogP contribution >= 0.6 is 0 Å². The molecular formula is C13H23F2NO3. The molecule has 1 unspecified atom stereocenters. The summed E-state index contributed by atoms with van der Waals surface area (Å²) < 4.78 is 26.2. The number of halogens is 2. The summed E-state index contributed by atoms with van der Waals surface area (Å²) in [5.41, 5.74) is 0. The molecule has 2 rings (SSSR count). The number of β-amino-alcohol motifs (C(OH)–C–C–N with tert-alkyl or cyclic N) is 1. The van der Waals surface area contributed by atoms with Gasteiger partial charge < -0.3 is 15.3 Å². The minimum atomic E-state index is -2.52. The van der Waals surface area contributed by atoms with Crippen molar-refractivity contribution in [3.63, 3.8) is 0 Å². The van der Waals surface area contributed by atoms with Crippen LogP contribution in [-0.4, -0.2) is 64.1 Å². The van der Waals surface area contributed by atoms with Gasteiger partial charge in [-0.15, -0.1) is 0 Å². The molecule has 0 radical (unpaired) electrons. The van der Waals surface area contributed by atoms with E-state index >= 15 is 0 Å². The van der Waals surface area contributed by atoms with Crippen LogP contribution < -0.4 is 0 Å². The van der Waals surface area contributed by atoms with Gasteiger partial charge in [-0.2, -0.15) is 0 Å². The molecule has 1 heterocycles. The molecule has 1 saturated carbocycles. The Hall–Kier alpha value is -0.300. The van der Waals surface area contributed by atoms with Gasteiger partial charge in [-0.05, 0) is 25.2 Å². The second-order valence-electron chi connectivity index (χ2n) is 5.96. The Balaban J connectivity index is 1.87. The van der Waals surface area contributed by atoms with Gasteiger partial charge in [-0.1, -0.05) is 0 Å². The molecule has 0 aromatic carbocycles. The lowest BCUT2D eigenvalue weighted by Crippen LogP contribution is -2.55. The standard InChI is InChI=1S/C13H23F2NO3/c14-13(15)3-1-9(2-4-13)6-16-7-12(19)11(18)5-10(16)8-17/h9-12,17-19H,1-8H2/t10-,11?,12+/m1/s1. The lowest BCUT2D eigenvalue weighted by atomic mass is 9.85. The molecule has 6 heteroatoms. The maximum Gasteiger partial charge on any atom is 0.248 e. The smallest absolute Gasteiger partial charge is 0.248 e. The predicted octanol–water partition coefficient (Wildman–Crippen LogP) is 0.600. The lowest BCUT2D eigenvalue weighted by Gasteiger charge is -2.42. The molecule has 0 amide bonds. The van der Waals surface area contributed by atoms with Crippen LogP contribution in [-0.2, 0) is 0 Å². The van der Waals surface area contributed by atoms with Gasteiger partial charge in [0.2, 0.25) is 5.92 Å². The SMILES string of the molecule is OC[C@H]1CC(O)[C@@H](O)CN1CC1CCC(F)(F)CC1. The number of aliphatic hydroxyl groups is 3. The fraction of sp³-hybridized carbons (Fsp3) is 1.00. The average molecular weight is 279 g/mol. The van der Waals surface area contributed by atoms with Crippen LogP contribution in [0.5, 0.6) is 0 Å². The second-order valence-corrected chi connectivity index (χ2v) is 5.96. The van der Waals surface area contributed by atoms with Gasteiger partial charge in [-0.25, -0.2) is 8.78 Å². The number of aliphatic hydroxyl groups excluding tert-OH is 3. The van der Waals surface area contributed by atoms with Gasteiger partial charge in [0.15, 0.2) is 0 Å². The summed E-state index contributed by atoms with van der Waals surface area (Å²) in [5, 5.41) is 28.6. The van der Waals surface area contributed by atoms with Crippen molar-refractivity contribution in [3.8, 4) is 0 Å². The minimum absolute atomic E-state index is 0.0690. The van der Waals surface area contributed by atoms with E-state index in [1.165, 1.54) is 0 Å². The third kappa shape index (κ3) is 3.84. The Morgan fingerprint density at radius 2 is 1.74 bits per heavy atom. The zero-order chi connectivity index (χ0) is 14.0. The van der Waals surface area contributed by atoms with E-state index in [4.69, 9.17) is 0 Å². The molecule has 112 valence electrons. The summed E-state index contributed by atoms with van der Waals surface area (Å²) in [5.74, 6) is -2.33. The fourth-order valence-electron chi connectivity index (χ4n) is 3.12. The van der Waals surface area contributed by atoms with Crippen LogP contribution in [0.2, 0.25) is 0 Å². The highest BCUT2D eigenvalue weighted by Gasteiger charge is 2.38. The average Bonchev–Trinajstić information content (AvgIpc) is 2.36. The monoisotopic (exact) mass is 279 g/mol. The summed E-state index contributed by atoms with van der Waals surface area (Å²) in [6, 6.07) is -0.180. The summed E-state index contributed by atoms with van der Waals surface area (Å²) in [6.07, 6.45) is -0.445. The largest absolute Gasteiger partial charge is 0.395 e. The lowest BCUT2D eigenvalue weighted by molar-refractivity contribution is -0.0845. The topological polar surface area (TPSA) is 63.9 Å². The molecule has 2 fully saturated rings. The van der Waals surface area contributed by atoms with Crippen molar-refractivity contribution in [3.05, 3.63) is 0 Å². The van der Waals surface area contributed by atoms with Gasteiger partial charge in [0.1, 0.15) is 0 Å². The first kappa shape index (κ1) is 15.1. The number of alkyl halides is 2. The highest BCUT2D eigenvalue weighted by Crippen LogP contribution is 2.37. The van der Waals surface area contributed by atoms with Gasteiger partial charge >= 0.3 is 0 Å². The van der Waals surface area contributed by atoms with Crippen molar-refractivity contribution >= 4 is 0 Å². The highest BCUT2D eigenvalue weighted by molar-refractivity contribution is 4.89. The van der Waals surface area contributed by atoms with Crippen LogP contribution in [0.1, 0.15) is 32.1 Å². The second kappa shape index (κ2) is 5.99. The van der Waals surface area contributed by atoms with Crippen molar-refractivity contribution in [2.45, 2.75) is 56.3 Å². The maximum absolute atomic E-state index is 13.1. The number of nitrogens with zero attached hydrogens (tertiary/aromatic N) is 1. The first-order valence-corrected chi connectivity index (χ1v) is 7.00. The fourth-order valence-corrected chi connectivity index (χ4v) is 3.12. The van der Waals surface area contributed by atoms with Crippen molar-refractivity contribution in [2.24, 2.45) is 5.92 Å². The van der Waals surface area contributed by atoms with E-state index in [0.717, 1.165) is 0 Å². The zero-order valence-electron chi connectivity index (χ0n) is 11.0. The molecule has 0 aromatic heterocycles. The quantitative estimate of drug-likeness (QED) is 0.708. The number of hydrogen-bond donors (Lipinski definition) is 3. The van der Waals surface area contributed by atoms with Crippen molar-refractivity contribution in [1.29, 1.82) is 0 Å². The first-order valence-electron chi connectivity index (χ1n) is 7.00. The predicted molar refractivity (Wildman–Crippen MR) is 66.0 cm³/mol. The van der Waals surface area contributed by atoms with E-state index < -0.39 is 18.1 Å². The molecule has 19 heavy (non-hydrogen) atoms. The van der Waals surface area contributed by atoms with Crippen LogP contribution in [0.15, 0.2) is 0 Å². The third-order valence-corrected chi connectivity index (χ3v) is 4.44. The van der Waals surface area contributed by atoms with Crippen LogP contribution in [0.25, 0.3) is 0 Å². The van der Waals surface area contributed by atoms with Crippen molar-refractivity contribution < 1.29 is 24.1 Å². The molecular weight excluding hydrogens is 256 g/mol. The van der Waals surface area contributed by atoms with E-state index in [1.807, 2.05) is 4.90 Å². The Labute approximate surface area is 112 Å². The third-order valence-electron chi connectivity index (χ3n) is 4.44. The Morgan fingerprint density at radius 3 is 2.32 bits per heavy atom. The Kier molecular flexibility index (Phi) is 4.76. The molecule has 0 aromatic rings. The Bertz CT molecular complexity index is 294. The number of hydrogen-bond acceptors (Lipinski definition) is 4. The van der Waals surface area contributed by atoms with Gasteiger partial charge in [-0.3, -0.25) is 4.90 Å². The van der Waals surface area contributed by atoms with Gasteiger partial charge in [0.25, 0.3) is 0 Å². The van der Waals surface area contributed by atoms with Gasteiger partial charge in [0, 0.05) is 32.0 Å². The molecule has 3 N–H and O–H groups in total. The van der Waals surface area contributed by atoms with E-state index in [1.54, 1.807) is 0 Å². The van der Waals surface area contributed by atoms with Crippen LogP contribution in [0.3, 0.4) is 0 Å². The molecule has 1 aliphatic heterocycles. The summed E-state index contributed by atoms with van der Waals surface area (Å²) in [6.45, 7) is 0.844. The minimum Gasteiger partial charge on any atom is -0.395 e. The molecule has 3 atom stereocenters. The van der Waals surface area contributed by atoms with Crippen LogP contribution in [0, 0.1) is 5.92 Å². The van der Waals surface area contributed by atoms with Crippen molar-refractivity contribution in [2.75, 3.05) is 19.7 Å². The normalized spacial score (nSPS) is 37.4. The summed E-state index contributed by atoms with van der Waals surface area (Å²) in [7, 11) is 0. The van der Waals surface area contributed by atoms with Gasteiger partial charge in [0.05, 0.1) is 18.8 Å². The van der Waals surface area contributed by atoms with E-state index in [0.29, 0.717) is 32.4 Å². The number of rotatable bonds is 3. The first-order chi connectivity index (χ1) is 8.91. The zero-order valence-corrected chi connectivity index (χ0v) is 11.0. The number of piperidine rings is 1. The van der Waals surface area contributed by atoms with Crippen molar-refractivity contribution in [1.82, 2.24) is 4.90 Å². The molecule has 1 aliphatic carbocycles. The molecule has 2 aliphatic rings. The number of likely N-dealkylation sites (tertiary alicyclic amines) is 1. The summed E-state index contributed by atoms with van der Waals surface area (Å²) in [4.78, 5) is 1.94. The molecule has 0 bridgehead atoms. The van der Waals surface area contributed by atoms with E-state index in [2.05, 4.69) is 0 Å². The van der Waals surface area contributed by atoms with Crippen LogP contribution in [0.4, 0.5) is 8.78 Å². The van der Waals surface area contributed by atoms with E-state index in [9.17, 15) is 24.1 Å². The molecule has 1 saturated heterocycles. The van der Waals surface area contributed by atoms with E-state index in [-0.39, 0.29) is 31.4 Å². The molecule has 0 spiro atoms.